The van der Waals surface area contributed by atoms with Gasteiger partial charge in [0.2, 0.25) is 0 Å². The lowest BCUT2D eigenvalue weighted by Gasteiger charge is -2.32. The van der Waals surface area contributed by atoms with Crippen LogP contribution >= 0.6 is 0 Å². The summed E-state index contributed by atoms with van der Waals surface area (Å²) < 4.78 is 38.7. The molecular formula is C13H13F3N2O3. The van der Waals surface area contributed by atoms with Gasteiger partial charge in [-0.05, 0) is 12.1 Å². The number of hydrogen-bond donors (Lipinski definition) is 2. The second kappa shape index (κ2) is 5.72. The molecule has 0 aliphatic carbocycles. The fourth-order valence-electron chi connectivity index (χ4n) is 2.19. The average molecular weight is 302 g/mol. The minimum absolute atomic E-state index is 0.162. The van der Waals surface area contributed by atoms with Gasteiger partial charge >= 0.3 is 12.1 Å². The molecule has 1 aliphatic rings. The average Bonchev–Trinajstić information content (AvgIpc) is 2.45. The summed E-state index contributed by atoms with van der Waals surface area (Å²) in [6, 6.07) is 3.52. The normalized spacial score (nSPS) is 19.4. The zero-order valence-electron chi connectivity index (χ0n) is 10.9. The van der Waals surface area contributed by atoms with Gasteiger partial charge in [0.15, 0.2) is 0 Å². The first-order valence-electron chi connectivity index (χ1n) is 6.22. The molecule has 2 N–H and O–H groups in total. The molecule has 0 spiro atoms. The van der Waals surface area contributed by atoms with Gasteiger partial charge in [0.1, 0.15) is 6.04 Å². The Balaban J connectivity index is 2.26. The van der Waals surface area contributed by atoms with E-state index in [0.29, 0.717) is 0 Å². The highest BCUT2D eigenvalue weighted by Crippen LogP contribution is 2.32. The predicted molar refractivity (Wildman–Crippen MR) is 66.8 cm³/mol. The van der Waals surface area contributed by atoms with Crippen LogP contribution in [0.25, 0.3) is 0 Å². The van der Waals surface area contributed by atoms with Crippen LogP contribution in [-0.2, 0) is 11.0 Å². The maximum absolute atomic E-state index is 12.9. The monoisotopic (exact) mass is 302 g/mol. The van der Waals surface area contributed by atoms with Crippen molar-refractivity contribution in [3.8, 4) is 0 Å². The molecule has 1 aromatic rings. The van der Waals surface area contributed by atoms with Crippen molar-refractivity contribution >= 4 is 11.9 Å². The van der Waals surface area contributed by atoms with Gasteiger partial charge < -0.3 is 15.3 Å². The van der Waals surface area contributed by atoms with Gasteiger partial charge in [0.05, 0.1) is 11.1 Å². The Bertz CT molecular complexity index is 560. The Morgan fingerprint density at radius 3 is 2.57 bits per heavy atom. The number of halogens is 3. The van der Waals surface area contributed by atoms with Crippen molar-refractivity contribution in [2.45, 2.75) is 12.2 Å². The molecule has 1 heterocycles. The van der Waals surface area contributed by atoms with Crippen molar-refractivity contribution in [1.29, 1.82) is 0 Å². The molecule has 0 unspecified atom stereocenters. The molecule has 1 aliphatic heterocycles. The van der Waals surface area contributed by atoms with Crippen molar-refractivity contribution in [1.82, 2.24) is 10.2 Å². The highest BCUT2D eigenvalue weighted by Gasteiger charge is 2.37. The predicted octanol–water partition coefficient (Wildman–Crippen LogP) is 1.20. The van der Waals surface area contributed by atoms with E-state index in [9.17, 15) is 22.8 Å². The van der Waals surface area contributed by atoms with E-state index in [0.717, 1.165) is 17.0 Å². The number of nitrogens with one attached hydrogen (secondary N) is 1. The molecule has 5 nitrogen and oxygen atoms in total. The van der Waals surface area contributed by atoms with Crippen molar-refractivity contribution in [2.24, 2.45) is 0 Å². The molecule has 0 saturated carbocycles. The Hall–Kier alpha value is -2.09. The maximum Gasteiger partial charge on any atom is 0.417 e. The first kappa shape index (κ1) is 15.3. The van der Waals surface area contributed by atoms with Crippen LogP contribution < -0.4 is 5.32 Å². The number of carboxylic acid groups (broad SMARTS) is 1. The number of carbonyl (C=O) groups excluding carboxylic acids is 1. The summed E-state index contributed by atoms with van der Waals surface area (Å²) in [5.41, 5.74) is -1.48. The second-order valence-corrected chi connectivity index (χ2v) is 4.64. The number of benzene rings is 1. The maximum atomic E-state index is 12.9. The van der Waals surface area contributed by atoms with Crippen LogP contribution in [0, 0.1) is 0 Å². The summed E-state index contributed by atoms with van der Waals surface area (Å²) in [4.78, 5) is 24.3. The molecule has 1 saturated heterocycles. The Morgan fingerprint density at radius 2 is 1.95 bits per heavy atom. The molecule has 1 atom stereocenters. The largest absolute Gasteiger partial charge is 0.480 e. The number of hydrogen-bond acceptors (Lipinski definition) is 3. The topological polar surface area (TPSA) is 69.6 Å². The van der Waals surface area contributed by atoms with Gasteiger partial charge in [-0.3, -0.25) is 9.59 Å². The minimum atomic E-state index is -4.63. The van der Waals surface area contributed by atoms with E-state index < -0.39 is 35.2 Å². The van der Waals surface area contributed by atoms with E-state index in [1.165, 1.54) is 12.1 Å². The molecule has 8 heteroatoms. The van der Waals surface area contributed by atoms with E-state index in [1.54, 1.807) is 0 Å². The zero-order valence-corrected chi connectivity index (χ0v) is 10.9. The van der Waals surface area contributed by atoms with Crippen molar-refractivity contribution in [3.63, 3.8) is 0 Å². The number of nitrogens with zero attached hydrogens (tertiary/aromatic N) is 1. The van der Waals surface area contributed by atoms with Gasteiger partial charge in [-0.15, -0.1) is 0 Å². The Morgan fingerprint density at radius 1 is 1.29 bits per heavy atom. The molecule has 0 radical (unpaired) electrons. The van der Waals surface area contributed by atoms with Crippen LogP contribution in [0.5, 0.6) is 0 Å². The minimum Gasteiger partial charge on any atom is -0.480 e. The third-order valence-corrected chi connectivity index (χ3v) is 3.22. The van der Waals surface area contributed by atoms with Crippen LogP contribution in [0.4, 0.5) is 13.2 Å². The zero-order chi connectivity index (χ0) is 15.6. The van der Waals surface area contributed by atoms with E-state index in [4.69, 9.17) is 5.11 Å². The van der Waals surface area contributed by atoms with E-state index in [-0.39, 0.29) is 19.6 Å². The number of aliphatic carboxylic acids is 1. The molecule has 2 rings (SSSR count). The van der Waals surface area contributed by atoms with Crippen LogP contribution in [0.3, 0.4) is 0 Å². The van der Waals surface area contributed by atoms with Crippen molar-refractivity contribution < 1.29 is 27.9 Å². The molecule has 21 heavy (non-hydrogen) atoms. The van der Waals surface area contributed by atoms with Gasteiger partial charge in [-0.1, -0.05) is 12.1 Å². The van der Waals surface area contributed by atoms with Crippen LogP contribution in [-0.4, -0.2) is 47.6 Å². The van der Waals surface area contributed by atoms with Crippen molar-refractivity contribution in [2.75, 3.05) is 19.6 Å². The van der Waals surface area contributed by atoms with E-state index in [2.05, 4.69) is 5.32 Å². The van der Waals surface area contributed by atoms with E-state index >= 15 is 0 Å². The number of rotatable bonds is 2. The second-order valence-electron chi connectivity index (χ2n) is 4.64. The first-order chi connectivity index (χ1) is 9.80. The van der Waals surface area contributed by atoms with Gasteiger partial charge in [-0.25, -0.2) is 0 Å². The highest BCUT2D eigenvalue weighted by molar-refractivity contribution is 5.96. The molecule has 0 aromatic heterocycles. The summed E-state index contributed by atoms with van der Waals surface area (Å²) in [5.74, 6) is -1.95. The number of alkyl halides is 3. The molecular weight excluding hydrogens is 289 g/mol. The van der Waals surface area contributed by atoms with Gasteiger partial charge in [-0.2, -0.15) is 13.2 Å². The van der Waals surface area contributed by atoms with Crippen LogP contribution in [0.1, 0.15) is 15.9 Å². The Labute approximate surface area is 118 Å². The number of piperazine rings is 1. The molecule has 1 aromatic carbocycles. The fourth-order valence-corrected chi connectivity index (χ4v) is 2.19. The molecule has 114 valence electrons. The summed E-state index contributed by atoms with van der Waals surface area (Å²) in [5, 5.41) is 11.6. The lowest BCUT2D eigenvalue weighted by atomic mass is 10.0. The third kappa shape index (κ3) is 3.33. The van der Waals surface area contributed by atoms with E-state index in [1.807, 2.05) is 0 Å². The number of carboxylic acids is 1. The highest BCUT2D eigenvalue weighted by atomic mass is 19.4. The first-order valence-corrected chi connectivity index (χ1v) is 6.22. The van der Waals surface area contributed by atoms with Gasteiger partial charge in [0.25, 0.3) is 5.91 Å². The summed E-state index contributed by atoms with van der Waals surface area (Å²) >= 11 is 0. The number of carbonyl (C=O) groups is 2. The van der Waals surface area contributed by atoms with Crippen molar-refractivity contribution in [3.05, 3.63) is 35.4 Å². The van der Waals surface area contributed by atoms with Crippen LogP contribution in [0.2, 0.25) is 0 Å². The molecule has 1 fully saturated rings. The SMILES string of the molecule is O=C(O)[C@H]1CN(C(=O)c2ccccc2C(F)(F)F)CCN1. The number of amides is 1. The smallest absolute Gasteiger partial charge is 0.417 e. The van der Waals surface area contributed by atoms with Crippen LogP contribution in [0.15, 0.2) is 24.3 Å². The lowest BCUT2D eigenvalue weighted by Crippen LogP contribution is -2.55. The fraction of sp³-hybridized carbons (Fsp3) is 0.385. The third-order valence-electron chi connectivity index (χ3n) is 3.22. The quantitative estimate of drug-likeness (QED) is 0.861. The summed E-state index contributed by atoms with van der Waals surface area (Å²) in [6.45, 7) is 0.214. The Kier molecular flexibility index (Phi) is 4.17. The molecule has 0 bridgehead atoms. The molecule has 1 amide bonds. The standard InChI is InChI=1S/C13H13F3N2O3/c14-13(15,16)9-4-2-1-3-8(9)11(19)18-6-5-17-10(7-18)12(20)21/h1-4,10,17H,5-7H2,(H,20,21)/t10-/m1/s1. The summed E-state index contributed by atoms with van der Waals surface area (Å²) in [6.07, 6.45) is -4.63. The summed E-state index contributed by atoms with van der Waals surface area (Å²) in [7, 11) is 0. The lowest BCUT2D eigenvalue weighted by molar-refractivity contribution is -0.141. The van der Waals surface area contributed by atoms with Gasteiger partial charge in [0, 0.05) is 19.6 Å².